The van der Waals surface area contributed by atoms with Crippen molar-refractivity contribution in [3.63, 3.8) is 0 Å². The molecule has 0 fully saturated rings. The van der Waals surface area contributed by atoms with E-state index in [9.17, 15) is 8.42 Å². The molecule has 3 heterocycles. The van der Waals surface area contributed by atoms with E-state index in [1.54, 1.807) is 29.5 Å². The molecular formula is C18H18N2O4S3. The van der Waals surface area contributed by atoms with E-state index in [-0.39, 0.29) is 13.3 Å². The van der Waals surface area contributed by atoms with Crippen LogP contribution in [0.5, 0.6) is 11.5 Å². The monoisotopic (exact) mass is 422 g/mol. The molecule has 0 unspecified atom stereocenters. The first kappa shape index (κ1) is 18.4. The quantitative estimate of drug-likeness (QED) is 0.672. The van der Waals surface area contributed by atoms with Crippen molar-refractivity contribution in [3.05, 3.63) is 45.3 Å². The number of benzene rings is 1. The number of thiazole rings is 1. The Hall–Kier alpha value is -1.94. The van der Waals surface area contributed by atoms with Gasteiger partial charge in [0.25, 0.3) is 0 Å². The molecule has 1 aliphatic heterocycles. The van der Waals surface area contributed by atoms with Crippen molar-refractivity contribution in [1.82, 2.24) is 9.71 Å². The van der Waals surface area contributed by atoms with Gasteiger partial charge in [0.1, 0.15) is 5.01 Å². The lowest BCUT2D eigenvalue weighted by atomic mass is 10.2. The van der Waals surface area contributed by atoms with Gasteiger partial charge in [0.05, 0.1) is 15.5 Å². The minimum atomic E-state index is -3.63. The Balaban J connectivity index is 1.55. The summed E-state index contributed by atoms with van der Waals surface area (Å²) in [5.41, 5.74) is 1.79. The predicted molar refractivity (Wildman–Crippen MR) is 106 cm³/mol. The summed E-state index contributed by atoms with van der Waals surface area (Å²) >= 11 is 3.03. The molecule has 0 radical (unpaired) electrons. The summed E-state index contributed by atoms with van der Waals surface area (Å²) in [6.07, 6.45) is 0. The average molecular weight is 423 g/mol. The molecular weight excluding hydrogens is 404 g/mol. The van der Waals surface area contributed by atoms with Gasteiger partial charge in [-0.25, -0.2) is 18.1 Å². The van der Waals surface area contributed by atoms with Gasteiger partial charge >= 0.3 is 0 Å². The largest absolute Gasteiger partial charge is 0.454 e. The third-order valence-electron chi connectivity index (χ3n) is 4.30. The third-order valence-corrected chi connectivity index (χ3v) is 8.25. The van der Waals surface area contributed by atoms with Crippen LogP contribution in [-0.4, -0.2) is 20.2 Å². The smallest absolute Gasteiger partial charge is 0.241 e. The van der Waals surface area contributed by atoms with Gasteiger partial charge in [-0.05, 0) is 44.5 Å². The standard InChI is InChI=1S/C18H18N2O4S3/c1-10-11(2)26-18(20-10)16-7-17(12(3)25-16)27(21,22)19-8-13-4-5-14-15(6-13)24-9-23-14/h4-7,19H,8-9H2,1-3H3. The highest BCUT2D eigenvalue weighted by atomic mass is 32.2. The van der Waals surface area contributed by atoms with E-state index < -0.39 is 10.0 Å². The first-order valence-corrected chi connectivity index (χ1v) is 11.4. The average Bonchev–Trinajstić information content (AvgIpc) is 3.32. The number of nitrogens with zero attached hydrogens (tertiary/aromatic N) is 1. The molecule has 4 rings (SSSR count). The molecule has 6 nitrogen and oxygen atoms in total. The van der Waals surface area contributed by atoms with Crippen LogP contribution >= 0.6 is 22.7 Å². The fraction of sp³-hybridized carbons (Fsp3) is 0.278. The van der Waals surface area contributed by atoms with Crippen molar-refractivity contribution in [2.24, 2.45) is 0 Å². The number of ether oxygens (including phenoxy) is 2. The van der Waals surface area contributed by atoms with Gasteiger partial charge < -0.3 is 9.47 Å². The van der Waals surface area contributed by atoms with Crippen LogP contribution in [0.1, 0.15) is 21.0 Å². The molecule has 9 heteroatoms. The lowest BCUT2D eigenvalue weighted by molar-refractivity contribution is 0.174. The predicted octanol–water partition coefficient (Wildman–Crippen LogP) is 4.00. The first-order valence-electron chi connectivity index (χ1n) is 8.26. The second-order valence-corrected chi connectivity index (χ2v) is 10.4. The second-order valence-electron chi connectivity index (χ2n) is 6.20. The van der Waals surface area contributed by atoms with E-state index in [1.165, 1.54) is 11.3 Å². The topological polar surface area (TPSA) is 77.5 Å². The van der Waals surface area contributed by atoms with Crippen molar-refractivity contribution >= 4 is 32.7 Å². The highest BCUT2D eigenvalue weighted by Crippen LogP contribution is 2.37. The van der Waals surface area contributed by atoms with Gasteiger partial charge in [0.15, 0.2) is 11.5 Å². The molecule has 0 saturated heterocycles. The van der Waals surface area contributed by atoms with Gasteiger partial charge in [-0.1, -0.05) is 6.07 Å². The minimum absolute atomic E-state index is 0.180. The Morgan fingerprint density at radius 1 is 1.07 bits per heavy atom. The zero-order valence-corrected chi connectivity index (χ0v) is 17.5. The summed E-state index contributed by atoms with van der Waals surface area (Å²) in [5, 5.41) is 0.857. The summed E-state index contributed by atoms with van der Waals surface area (Å²) in [5.74, 6) is 1.31. The first-order chi connectivity index (χ1) is 12.8. The highest BCUT2D eigenvalue weighted by molar-refractivity contribution is 7.89. The van der Waals surface area contributed by atoms with Crippen LogP contribution in [0, 0.1) is 20.8 Å². The van der Waals surface area contributed by atoms with Gasteiger partial charge in [0.2, 0.25) is 16.8 Å². The van der Waals surface area contributed by atoms with Crippen molar-refractivity contribution in [2.45, 2.75) is 32.2 Å². The molecule has 0 atom stereocenters. The zero-order chi connectivity index (χ0) is 19.2. The van der Waals surface area contributed by atoms with Crippen molar-refractivity contribution in [2.75, 3.05) is 6.79 Å². The van der Waals surface area contributed by atoms with Crippen LogP contribution < -0.4 is 14.2 Å². The number of hydrogen-bond donors (Lipinski definition) is 1. The van der Waals surface area contributed by atoms with E-state index in [2.05, 4.69) is 9.71 Å². The SMILES string of the molecule is Cc1nc(-c2cc(S(=O)(=O)NCc3ccc4c(c3)OCO4)c(C)s2)sc1C. The van der Waals surface area contributed by atoms with Gasteiger partial charge in [-0.15, -0.1) is 22.7 Å². The van der Waals surface area contributed by atoms with Gasteiger partial charge in [-0.3, -0.25) is 0 Å². The van der Waals surface area contributed by atoms with Crippen LogP contribution in [0.4, 0.5) is 0 Å². The maximum Gasteiger partial charge on any atom is 0.241 e. The molecule has 0 aliphatic carbocycles. The van der Waals surface area contributed by atoms with Crippen molar-refractivity contribution < 1.29 is 17.9 Å². The molecule has 1 aliphatic rings. The molecule has 0 bridgehead atoms. The van der Waals surface area contributed by atoms with Crippen LogP contribution in [0.3, 0.4) is 0 Å². The summed E-state index contributed by atoms with van der Waals surface area (Å²) in [7, 11) is -3.63. The van der Waals surface area contributed by atoms with E-state index >= 15 is 0 Å². The van der Waals surface area contributed by atoms with E-state index in [0.29, 0.717) is 16.4 Å². The van der Waals surface area contributed by atoms with Crippen molar-refractivity contribution in [1.29, 1.82) is 0 Å². The fourth-order valence-electron chi connectivity index (χ4n) is 2.72. The van der Waals surface area contributed by atoms with Gasteiger partial charge in [-0.2, -0.15) is 0 Å². The Morgan fingerprint density at radius 3 is 2.59 bits per heavy atom. The minimum Gasteiger partial charge on any atom is -0.454 e. The van der Waals surface area contributed by atoms with E-state index in [0.717, 1.165) is 30.9 Å². The number of sulfonamides is 1. The number of aryl methyl sites for hydroxylation is 3. The second kappa shape index (κ2) is 6.90. The Morgan fingerprint density at radius 2 is 1.85 bits per heavy atom. The van der Waals surface area contributed by atoms with Crippen LogP contribution in [0.25, 0.3) is 9.88 Å². The number of aromatic nitrogens is 1. The number of thiophene rings is 1. The summed E-state index contributed by atoms with van der Waals surface area (Å²) in [6.45, 7) is 6.16. The van der Waals surface area contributed by atoms with Crippen LogP contribution in [0.15, 0.2) is 29.2 Å². The molecule has 1 N–H and O–H groups in total. The summed E-state index contributed by atoms with van der Waals surface area (Å²) in [4.78, 5) is 7.59. The molecule has 1 aromatic carbocycles. The van der Waals surface area contributed by atoms with Gasteiger partial charge in [0, 0.05) is 16.3 Å². The third kappa shape index (κ3) is 3.60. The molecule has 2 aromatic heterocycles. The summed E-state index contributed by atoms with van der Waals surface area (Å²) < 4.78 is 38.9. The lowest BCUT2D eigenvalue weighted by Crippen LogP contribution is -2.23. The Labute approximate surface area is 165 Å². The Bertz CT molecular complexity index is 1100. The Kier molecular flexibility index (Phi) is 4.71. The van der Waals surface area contributed by atoms with E-state index in [1.807, 2.05) is 26.8 Å². The fourth-order valence-corrected chi connectivity index (χ4v) is 6.29. The molecule has 27 heavy (non-hydrogen) atoms. The maximum absolute atomic E-state index is 12.8. The number of rotatable bonds is 5. The highest BCUT2D eigenvalue weighted by Gasteiger charge is 2.22. The lowest BCUT2D eigenvalue weighted by Gasteiger charge is -2.07. The number of fused-ring (bicyclic) bond motifs is 1. The number of hydrogen-bond acceptors (Lipinski definition) is 7. The van der Waals surface area contributed by atoms with Crippen molar-refractivity contribution in [3.8, 4) is 21.4 Å². The van der Waals surface area contributed by atoms with Crippen LogP contribution in [0.2, 0.25) is 0 Å². The molecule has 0 saturated carbocycles. The number of nitrogens with one attached hydrogen (secondary N) is 1. The maximum atomic E-state index is 12.8. The zero-order valence-electron chi connectivity index (χ0n) is 15.0. The molecule has 142 valence electrons. The van der Waals surface area contributed by atoms with E-state index in [4.69, 9.17) is 9.47 Å². The summed E-state index contributed by atoms with van der Waals surface area (Å²) in [6, 6.07) is 7.10. The molecule has 0 spiro atoms. The normalized spacial score (nSPS) is 13.3. The van der Waals surface area contributed by atoms with Crippen LogP contribution in [-0.2, 0) is 16.6 Å². The molecule has 0 amide bonds. The molecule has 3 aromatic rings.